The molecule has 0 saturated heterocycles. The van der Waals surface area contributed by atoms with E-state index in [9.17, 15) is 4.79 Å². The highest BCUT2D eigenvalue weighted by Crippen LogP contribution is 2.24. The largest absolute Gasteiger partial charge is 0.324 e. The summed E-state index contributed by atoms with van der Waals surface area (Å²) in [5.41, 5.74) is 1.58. The molecule has 0 unspecified atom stereocenters. The van der Waals surface area contributed by atoms with Gasteiger partial charge in [-0.05, 0) is 26.0 Å². The van der Waals surface area contributed by atoms with Crippen LogP contribution in [0.25, 0.3) is 11.0 Å². The van der Waals surface area contributed by atoms with Crippen LogP contribution in [0.15, 0.2) is 18.2 Å². The molecule has 0 atom stereocenters. The van der Waals surface area contributed by atoms with E-state index in [2.05, 4.69) is 14.1 Å². The molecule has 0 fully saturated rings. The molecule has 0 spiro atoms. The van der Waals surface area contributed by atoms with E-state index in [1.165, 1.54) is 0 Å². The zero-order valence-corrected chi connectivity index (χ0v) is 11.1. The third-order valence-corrected chi connectivity index (χ3v) is 3.69. The minimum absolute atomic E-state index is 0.118. The van der Waals surface area contributed by atoms with Crippen molar-refractivity contribution >= 4 is 46.0 Å². The molecule has 1 aromatic heterocycles. The number of hydrogen-bond acceptors (Lipinski definition) is 4. The molecule has 4 nitrogen and oxygen atoms in total. The number of benzene rings is 1. The first-order valence-electron chi connectivity index (χ1n) is 5.13. The first-order chi connectivity index (χ1) is 8.04. The molecule has 0 bridgehead atoms. The molecule has 90 valence electrons. The molecule has 1 amide bonds. The molecule has 6 heteroatoms. The van der Waals surface area contributed by atoms with Crippen LogP contribution in [0.5, 0.6) is 0 Å². The lowest BCUT2D eigenvalue weighted by atomic mass is 9.95. The van der Waals surface area contributed by atoms with Gasteiger partial charge in [0.15, 0.2) is 0 Å². The topological polar surface area (TPSA) is 54.9 Å². The molecule has 17 heavy (non-hydrogen) atoms. The van der Waals surface area contributed by atoms with E-state index in [-0.39, 0.29) is 11.8 Å². The van der Waals surface area contributed by atoms with Crippen molar-refractivity contribution in [2.45, 2.75) is 13.8 Å². The van der Waals surface area contributed by atoms with Crippen LogP contribution < -0.4 is 5.32 Å². The van der Waals surface area contributed by atoms with Gasteiger partial charge < -0.3 is 5.32 Å². The molecule has 0 aliphatic heterocycles. The number of nitrogens with zero attached hydrogens (tertiary/aromatic N) is 2. The van der Waals surface area contributed by atoms with Gasteiger partial charge in [-0.2, -0.15) is 8.75 Å². The Labute approximate surface area is 108 Å². The lowest BCUT2D eigenvalue weighted by Gasteiger charge is -2.20. The zero-order chi connectivity index (χ0) is 12.5. The fourth-order valence-electron chi connectivity index (χ4n) is 1.26. The van der Waals surface area contributed by atoms with Crippen LogP contribution in [0.1, 0.15) is 13.8 Å². The van der Waals surface area contributed by atoms with E-state index in [1.54, 1.807) is 13.8 Å². The molecule has 1 aromatic carbocycles. The van der Waals surface area contributed by atoms with Gasteiger partial charge in [-0.3, -0.25) is 4.79 Å². The van der Waals surface area contributed by atoms with Crippen molar-refractivity contribution in [2.24, 2.45) is 5.41 Å². The molecule has 0 aliphatic carbocycles. The lowest BCUT2D eigenvalue weighted by molar-refractivity contribution is -0.122. The number of carbonyl (C=O) groups is 1. The van der Waals surface area contributed by atoms with Crippen LogP contribution in [0.2, 0.25) is 0 Å². The molecule has 2 aromatic rings. The number of fused-ring (bicyclic) bond motifs is 1. The van der Waals surface area contributed by atoms with Gasteiger partial charge in [0.05, 0.1) is 22.8 Å². The van der Waals surface area contributed by atoms with Gasteiger partial charge in [0.1, 0.15) is 11.0 Å². The fourth-order valence-corrected chi connectivity index (χ4v) is 1.93. The maximum atomic E-state index is 12.0. The Morgan fingerprint density at radius 1 is 1.47 bits per heavy atom. The summed E-state index contributed by atoms with van der Waals surface area (Å²) in [4.78, 5) is 12.0. The second-order valence-electron chi connectivity index (χ2n) is 4.41. The molecule has 2 rings (SSSR count). The van der Waals surface area contributed by atoms with Gasteiger partial charge in [0.2, 0.25) is 5.91 Å². The Balaban J connectivity index is 2.30. The van der Waals surface area contributed by atoms with Crippen molar-refractivity contribution in [3.63, 3.8) is 0 Å². The third kappa shape index (κ3) is 2.40. The maximum absolute atomic E-state index is 12.0. The zero-order valence-electron chi connectivity index (χ0n) is 9.53. The summed E-state index contributed by atoms with van der Waals surface area (Å²) in [6, 6.07) is 5.51. The summed E-state index contributed by atoms with van der Waals surface area (Å²) < 4.78 is 8.28. The van der Waals surface area contributed by atoms with Gasteiger partial charge in [0.25, 0.3) is 0 Å². The van der Waals surface area contributed by atoms with E-state index >= 15 is 0 Å². The summed E-state index contributed by atoms with van der Waals surface area (Å²) in [5.74, 6) is 0.150. The molecule has 1 heterocycles. The highest BCUT2D eigenvalue weighted by molar-refractivity contribution is 7.00. The maximum Gasteiger partial charge on any atom is 0.231 e. The lowest BCUT2D eigenvalue weighted by Crippen LogP contribution is -2.32. The average Bonchev–Trinajstić information content (AvgIpc) is 2.78. The molecule has 0 saturated carbocycles. The van der Waals surface area contributed by atoms with Gasteiger partial charge in [-0.25, -0.2) is 0 Å². The van der Waals surface area contributed by atoms with Crippen molar-refractivity contribution in [1.82, 2.24) is 8.75 Å². The summed E-state index contributed by atoms with van der Waals surface area (Å²) in [5, 5.41) is 2.84. The monoisotopic (exact) mass is 269 g/mol. The normalized spacial score (nSPS) is 11.7. The molecule has 1 N–H and O–H groups in total. The first-order valence-corrected chi connectivity index (χ1v) is 6.40. The van der Waals surface area contributed by atoms with Crippen molar-refractivity contribution in [3.05, 3.63) is 18.2 Å². The highest BCUT2D eigenvalue weighted by atomic mass is 35.5. The van der Waals surface area contributed by atoms with Crippen LogP contribution in [0.3, 0.4) is 0 Å². The van der Waals surface area contributed by atoms with Crippen LogP contribution >= 0.6 is 23.3 Å². The van der Waals surface area contributed by atoms with Gasteiger partial charge in [-0.1, -0.05) is 6.07 Å². The number of anilines is 1. The van der Waals surface area contributed by atoms with Crippen molar-refractivity contribution in [1.29, 1.82) is 0 Å². The standard InChI is InChI=1S/C11H12ClN3OS/c1-11(2,6-12)10(16)13-7-4-3-5-8-9(7)15-17-14-8/h3-5H,6H2,1-2H3,(H,13,16). The number of amides is 1. The first kappa shape index (κ1) is 12.3. The van der Waals surface area contributed by atoms with Crippen LogP contribution in [0, 0.1) is 5.41 Å². The smallest absolute Gasteiger partial charge is 0.231 e. The molecule has 0 aliphatic rings. The number of alkyl halides is 1. The minimum atomic E-state index is -0.604. The fraction of sp³-hybridized carbons (Fsp3) is 0.364. The molecular formula is C11H12ClN3OS. The van der Waals surface area contributed by atoms with E-state index in [4.69, 9.17) is 11.6 Å². The number of carbonyl (C=O) groups excluding carboxylic acids is 1. The Hall–Kier alpha value is -1.20. The van der Waals surface area contributed by atoms with Crippen LogP contribution in [-0.2, 0) is 4.79 Å². The Bertz CT molecular complexity index is 552. The second-order valence-corrected chi connectivity index (χ2v) is 5.20. The van der Waals surface area contributed by atoms with Crippen LogP contribution in [0.4, 0.5) is 5.69 Å². The summed E-state index contributed by atoms with van der Waals surface area (Å²) in [6.45, 7) is 3.60. The Morgan fingerprint density at radius 2 is 2.24 bits per heavy atom. The number of nitrogens with one attached hydrogen (secondary N) is 1. The Morgan fingerprint density at radius 3 is 2.94 bits per heavy atom. The van der Waals surface area contributed by atoms with Crippen molar-refractivity contribution in [2.75, 3.05) is 11.2 Å². The summed E-state index contributed by atoms with van der Waals surface area (Å²) in [6.07, 6.45) is 0. The summed E-state index contributed by atoms with van der Waals surface area (Å²) in [7, 11) is 0. The predicted octanol–water partition coefficient (Wildman–Crippen LogP) is 2.89. The number of aromatic nitrogens is 2. The summed E-state index contributed by atoms with van der Waals surface area (Å²) >= 11 is 6.89. The predicted molar refractivity (Wildman–Crippen MR) is 70.5 cm³/mol. The van der Waals surface area contributed by atoms with E-state index in [0.717, 1.165) is 22.8 Å². The third-order valence-electron chi connectivity index (χ3n) is 2.48. The second kappa shape index (κ2) is 4.58. The Kier molecular flexibility index (Phi) is 3.31. The van der Waals surface area contributed by atoms with Gasteiger partial charge in [-0.15, -0.1) is 11.6 Å². The molecular weight excluding hydrogens is 258 g/mol. The highest BCUT2D eigenvalue weighted by Gasteiger charge is 2.27. The van der Waals surface area contributed by atoms with Gasteiger partial charge in [0, 0.05) is 5.88 Å². The number of rotatable bonds is 3. The van der Waals surface area contributed by atoms with Crippen molar-refractivity contribution in [3.8, 4) is 0 Å². The SMILES string of the molecule is CC(C)(CCl)C(=O)Nc1cccc2nsnc12. The van der Waals surface area contributed by atoms with E-state index in [1.807, 2.05) is 18.2 Å². The number of hydrogen-bond donors (Lipinski definition) is 1. The average molecular weight is 270 g/mol. The quantitative estimate of drug-likeness (QED) is 0.872. The minimum Gasteiger partial charge on any atom is -0.324 e. The van der Waals surface area contributed by atoms with Crippen molar-refractivity contribution < 1.29 is 4.79 Å². The molecule has 0 radical (unpaired) electrons. The van der Waals surface area contributed by atoms with Gasteiger partial charge >= 0.3 is 0 Å². The van der Waals surface area contributed by atoms with E-state index in [0.29, 0.717) is 5.69 Å². The number of halogens is 1. The van der Waals surface area contributed by atoms with Crippen LogP contribution in [-0.4, -0.2) is 20.5 Å². The van der Waals surface area contributed by atoms with E-state index < -0.39 is 5.41 Å².